The summed E-state index contributed by atoms with van der Waals surface area (Å²) in [5.41, 5.74) is 0. The molecule has 0 saturated heterocycles. The normalized spacial score (nSPS) is 13.7. The fourth-order valence-electron chi connectivity index (χ4n) is 1.58. The van der Waals surface area contributed by atoms with Gasteiger partial charge < -0.3 is 10.2 Å². The van der Waals surface area contributed by atoms with E-state index in [0.29, 0.717) is 12.0 Å². The van der Waals surface area contributed by atoms with Crippen molar-refractivity contribution in [3.8, 4) is 0 Å². The molecular weight excluding hydrogens is 240 g/mol. The Balaban J connectivity index is 2.43. The molecule has 1 unspecified atom stereocenters. The molecule has 1 aromatic rings. The minimum Gasteiger partial charge on any atom is -0.308 e. The molecule has 1 atom stereocenters. The van der Waals surface area contributed by atoms with E-state index in [9.17, 15) is 0 Å². The maximum Gasteiger partial charge on any atom is 0.0931 e. The Bertz CT molecular complexity index is 310. The van der Waals surface area contributed by atoms with Gasteiger partial charge in [-0.15, -0.1) is 11.3 Å². The highest BCUT2D eigenvalue weighted by Crippen LogP contribution is 2.21. The van der Waals surface area contributed by atoms with Crippen molar-refractivity contribution in [3.63, 3.8) is 0 Å². The first-order chi connectivity index (χ1) is 7.49. The van der Waals surface area contributed by atoms with E-state index in [-0.39, 0.29) is 0 Å². The van der Waals surface area contributed by atoms with Gasteiger partial charge in [0.25, 0.3) is 0 Å². The highest BCUT2D eigenvalue weighted by Gasteiger charge is 2.13. The first kappa shape index (κ1) is 14.0. The van der Waals surface area contributed by atoms with Gasteiger partial charge in [-0.1, -0.05) is 25.4 Å². The first-order valence-corrected chi connectivity index (χ1v) is 6.81. The molecule has 0 bridgehead atoms. The second-order valence-corrected chi connectivity index (χ2v) is 6.50. The van der Waals surface area contributed by atoms with E-state index in [0.717, 1.165) is 17.4 Å². The molecule has 0 aromatic carbocycles. The van der Waals surface area contributed by atoms with E-state index in [4.69, 9.17) is 11.6 Å². The van der Waals surface area contributed by atoms with Crippen LogP contribution in [0.3, 0.4) is 0 Å². The van der Waals surface area contributed by atoms with Crippen LogP contribution in [0.25, 0.3) is 0 Å². The summed E-state index contributed by atoms with van der Waals surface area (Å²) in [6.45, 7) is 6.48. The molecule has 16 heavy (non-hydrogen) atoms. The van der Waals surface area contributed by atoms with Crippen molar-refractivity contribution >= 4 is 22.9 Å². The number of hydrogen-bond donors (Lipinski definition) is 1. The van der Waals surface area contributed by atoms with Crippen molar-refractivity contribution in [2.24, 2.45) is 5.92 Å². The third kappa shape index (κ3) is 4.83. The Morgan fingerprint density at radius 1 is 1.38 bits per heavy atom. The zero-order chi connectivity index (χ0) is 12.1. The topological polar surface area (TPSA) is 15.3 Å². The SMILES string of the molecule is CC(C)C(CN(C)C)NCc1ccc(Cl)s1. The van der Waals surface area contributed by atoms with E-state index in [1.165, 1.54) is 4.88 Å². The largest absolute Gasteiger partial charge is 0.308 e. The van der Waals surface area contributed by atoms with Crippen LogP contribution in [0.4, 0.5) is 0 Å². The van der Waals surface area contributed by atoms with E-state index in [1.807, 2.05) is 6.07 Å². The molecular formula is C12H21ClN2S. The van der Waals surface area contributed by atoms with Crippen molar-refractivity contribution in [3.05, 3.63) is 21.3 Å². The molecule has 0 amide bonds. The lowest BCUT2D eigenvalue weighted by molar-refractivity contribution is 0.288. The number of halogens is 1. The van der Waals surface area contributed by atoms with Crippen LogP contribution in [0.5, 0.6) is 0 Å². The fraction of sp³-hybridized carbons (Fsp3) is 0.667. The van der Waals surface area contributed by atoms with Gasteiger partial charge >= 0.3 is 0 Å². The lowest BCUT2D eigenvalue weighted by Gasteiger charge is -2.25. The van der Waals surface area contributed by atoms with Gasteiger partial charge in [0.2, 0.25) is 0 Å². The van der Waals surface area contributed by atoms with Crippen LogP contribution in [0.15, 0.2) is 12.1 Å². The van der Waals surface area contributed by atoms with Crippen molar-refractivity contribution < 1.29 is 0 Å². The van der Waals surface area contributed by atoms with Gasteiger partial charge in [0.05, 0.1) is 4.34 Å². The fourth-order valence-corrected chi connectivity index (χ4v) is 2.62. The van der Waals surface area contributed by atoms with Crippen LogP contribution in [0.2, 0.25) is 4.34 Å². The smallest absolute Gasteiger partial charge is 0.0931 e. The molecule has 1 N–H and O–H groups in total. The summed E-state index contributed by atoms with van der Waals surface area (Å²) < 4.78 is 0.866. The number of likely N-dealkylation sites (N-methyl/N-ethyl adjacent to an activating group) is 1. The molecule has 92 valence electrons. The van der Waals surface area contributed by atoms with Crippen molar-refractivity contribution in [1.82, 2.24) is 10.2 Å². The number of hydrogen-bond acceptors (Lipinski definition) is 3. The summed E-state index contributed by atoms with van der Waals surface area (Å²) in [7, 11) is 4.22. The maximum atomic E-state index is 5.91. The minimum absolute atomic E-state index is 0.524. The van der Waals surface area contributed by atoms with Gasteiger partial charge in [-0.2, -0.15) is 0 Å². The summed E-state index contributed by atoms with van der Waals surface area (Å²) in [4.78, 5) is 3.52. The Labute approximate surface area is 108 Å². The Morgan fingerprint density at radius 2 is 2.06 bits per heavy atom. The Kier molecular flexibility index (Phi) is 5.76. The molecule has 1 aromatic heterocycles. The summed E-state index contributed by atoms with van der Waals surface area (Å²) in [6, 6.07) is 4.57. The van der Waals surface area contributed by atoms with Crippen LogP contribution >= 0.6 is 22.9 Å². The lowest BCUT2D eigenvalue weighted by atomic mass is 10.0. The van der Waals surface area contributed by atoms with E-state index in [1.54, 1.807) is 11.3 Å². The highest BCUT2D eigenvalue weighted by molar-refractivity contribution is 7.16. The molecule has 0 spiro atoms. The van der Waals surface area contributed by atoms with Crippen molar-refractivity contribution in [2.45, 2.75) is 26.4 Å². The quantitative estimate of drug-likeness (QED) is 0.846. The van der Waals surface area contributed by atoms with Crippen LogP contribution in [-0.4, -0.2) is 31.6 Å². The zero-order valence-corrected chi connectivity index (χ0v) is 12.0. The minimum atomic E-state index is 0.524. The third-order valence-corrected chi connectivity index (χ3v) is 3.77. The molecule has 0 radical (unpaired) electrons. The lowest BCUT2D eigenvalue weighted by Crippen LogP contribution is -2.41. The van der Waals surface area contributed by atoms with Crippen LogP contribution < -0.4 is 5.32 Å². The predicted molar refractivity (Wildman–Crippen MR) is 73.3 cm³/mol. The molecule has 0 aliphatic carbocycles. The Hall–Kier alpha value is -0.0900. The van der Waals surface area contributed by atoms with Gasteiger partial charge in [-0.25, -0.2) is 0 Å². The molecule has 4 heteroatoms. The van der Waals surface area contributed by atoms with E-state index < -0.39 is 0 Å². The van der Waals surface area contributed by atoms with E-state index in [2.05, 4.69) is 44.2 Å². The second kappa shape index (κ2) is 6.60. The molecule has 0 saturated carbocycles. The number of thiophene rings is 1. The number of rotatable bonds is 6. The average molecular weight is 261 g/mol. The van der Waals surface area contributed by atoms with Gasteiger partial charge in [0, 0.05) is 24.0 Å². The molecule has 1 rings (SSSR count). The highest BCUT2D eigenvalue weighted by atomic mass is 35.5. The van der Waals surface area contributed by atoms with Crippen LogP contribution in [0, 0.1) is 5.92 Å². The van der Waals surface area contributed by atoms with Crippen LogP contribution in [-0.2, 0) is 6.54 Å². The summed E-state index contributed by atoms with van der Waals surface area (Å²) in [5.74, 6) is 0.637. The third-order valence-electron chi connectivity index (χ3n) is 2.53. The first-order valence-electron chi connectivity index (χ1n) is 5.61. The predicted octanol–water partition coefficient (Wildman–Crippen LogP) is 3.08. The van der Waals surface area contributed by atoms with Crippen LogP contribution in [0.1, 0.15) is 18.7 Å². The van der Waals surface area contributed by atoms with Crippen molar-refractivity contribution in [1.29, 1.82) is 0 Å². The van der Waals surface area contributed by atoms with Gasteiger partial charge in [0.15, 0.2) is 0 Å². The molecule has 2 nitrogen and oxygen atoms in total. The summed E-state index contributed by atoms with van der Waals surface area (Å²) in [6.07, 6.45) is 0. The molecule has 0 aliphatic heterocycles. The number of nitrogens with zero attached hydrogens (tertiary/aromatic N) is 1. The zero-order valence-electron chi connectivity index (χ0n) is 10.5. The Morgan fingerprint density at radius 3 is 2.50 bits per heavy atom. The molecule has 0 aliphatic rings. The van der Waals surface area contributed by atoms with Gasteiger partial charge in [-0.3, -0.25) is 0 Å². The molecule has 0 fully saturated rings. The maximum absolute atomic E-state index is 5.91. The average Bonchev–Trinajstić information content (AvgIpc) is 2.58. The van der Waals surface area contributed by atoms with Crippen molar-refractivity contribution in [2.75, 3.05) is 20.6 Å². The standard InChI is InChI=1S/C12H21ClN2S/c1-9(2)11(8-15(3)4)14-7-10-5-6-12(13)16-10/h5-6,9,11,14H,7-8H2,1-4H3. The van der Waals surface area contributed by atoms with Gasteiger partial charge in [0.1, 0.15) is 0 Å². The summed E-state index contributed by atoms with van der Waals surface area (Å²) in [5, 5.41) is 3.59. The second-order valence-electron chi connectivity index (χ2n) is 4.70. The monoisotopic (exact) mass is 260 g/mol. The van der Waals surface area contributed by atoms with Gasteiger partial charge in [-0.05, 0) is 32.1 Å². The molecule has 1 heterocycles. The summed E-state index contributed by atoms with van der Waals surface area (Å²) >= 11 is 7.55. The van der Waals surface area contributed by atoms with E-state index >= 15 is 0 Å². The number of nitrogens with one attached hydrogen (secondary N) is 1.